The SMILES string of the molecule is CCn1cc(C2(F)CCC(N)CC2)cn1. The molecule has 0 atom stereocenters. The highest BCUT2D eigenvalue weighted by Gasteiger charge is 2.36. The van der Waals surface area contributed by atoms with Gasteiger partial charge in [-0.25, -0.2) is 4.39 Å². The van der Waals surface area contributed by atoms with Gasteiger partial charge in [0.15, 0.2) is 0 Å². The van der Waals surface area contributed by atoms with Crippen LogP contribution in [0.2, 0.25) is 0 Å². The van der Waals surface area contributed by atoms with Crippen molar-refractivity contribution in [1.82, 2.24) is 9.78 Å². The number of hydrogen-bond acceptors (Lipinski definition) is 2. The Kier molecular flexibility index (Phi) is 2.78. The highest BCUT2D eigenvalue weighted by molar-refractivity contribution is 5.16. The molecule has 0 amide bonds. The third-order valence-electron chi connectivity index (χ3n) is 3.30. The van der Waals surface area contributed by atoms with Crippen molar-refractivity contribution in [3.63, 3.8) is 0 Å². The highest BCUT2D eigenvalue weighted by atomic mass is 19.1. The lowest BCUT2D eigenvalue weighted by Gasteiger charge is -2.31. The summed E-state index contributed by atoms with van der Waals surface area (Å²) in [5, 5.41) is 4.12. The molecule has 0 saturated heterocycles. The predicted octanol–water partition coefficient (Wildman–Crippen LogP) is 1.97. The van der Waals surface area contributed by atoms with E-state index in [-0.39, 0.29) is 6.04 Å². The summed E-state index contributed by atoms with van der Waals surface area (Å²) in [6.07, 6.45) is 6.08. The summed E-state index contributed by atoms with van der Waals surface area (Å²) in [4.78, 5) is 0. The quantitative estimate of drug-likeness (QED) is 0.812. The number of alkyl halides is 1. The van der Waals surface area contributed by atoms with Crippen LogP contribution in [0, 0.1) is 0 Å². The Balaban J connectivity index is 2.14. The van der Waals surface area contributed by atoms with Crippen molar-refractivity contribution in [2.75, 3.05) is 0 Å². The third-order valence-corrected chi connectivity index (χ3v) is 3.30. The van der Waals surface area contributed by atoms with Crippen LogP contribution >= 0.6 is 0 Å². The normalized spacial score (nSPS) is 31.8. The third kappa shape index (κ3) is 2.04. The lowest BCUT2D eigenvalue weighted by molar-refractivity contribution is 0.0978. The Bertz CT molecular complexity index is 326. The van der Waals surface area contributed by atoms with E-state index >= 15 is 0 Å². The van der Waals surface area contributed by atoms with Gasteiger partial charge in [-0.05, 0) is 32.6 Å². The molecule has 1 saturated carbocycles. The van der Waals surface area contributed by atoms with Gasteiger partial charge in [-0.15, -0.1) is 0 Å². The van der Waals surface area contributed by atoms with E-state index in [1.807, 2.05) is 13.1 Å². The zero-order valence-electron chi connectivity index (χ0n) is 9.12. The number of nitrogens with two attached hydrogens (primary N) is 1. The van der Waals surface area contributed by atoms with E-state index in [0.29, 0.717) is 12.8 Å². The maximum atomic E-state index is 14.5. The van der Waals surface area contributed by atoms with Gasteiger partial charge in [-0.3, -0.25) is 4.68 Å². The van der Waals surface area contributed by atoms with Crippen LogP contribution in [0.25, 0.3) is 0 Å². The van der Waals surface area contributed by atoms with Gasteiger partial charge in [0.2, 0.25) is 0 Å². The van der Waals surface area contributed by atoms with E-state index in [9.17, 15) is 4.39 Å². The smallest absolute Gasteiger partial charge is 0.139 e. The van der Waals surface area contributed by atoms with Crippen molar-refractivity contribution in [2.24, 2.45) is 5.73 Å². The van der Waals surface area contributed by atoms with Gasteiger partial charge in [0.05, 0.1) is 6.20 Å². The molecule has 1 heterocycles. The molecule has 2 N–H and O–H groups in total. The number of aryl methyl sites for hydroxylation is 1. The summed E-state index contributed by atoms with van der Waals surface area (Å²) < 4.78 is 16.3. The van der Waals surface area contributed by atoms with E-state index in [1.54, 1.807) is 10.9 Å². The molecular formula is C11H18FN3. The van der Waals surface area contributed by atoms with Gasteiger partial charge in [-0.2, -0.15) is 5.10 Å². The van der Waals surface area contributed by atoms with Gasteiger partial charge in [-0.1, -0.05) is 0 Å². The average molecular weight is 211 g/mol. The van der Waals surface area contributed by atoms with Crippen molar-refractivity contribution in [3.8, 4) is 0 Å². The number of rotatable bonds is 2. The van der Waals surface area contributed by atoms with Crippen LogP contribution in [0.15, 0.2) is 12.4 Å². The minimum atomic E-state index is -1.19. The first-order valence-electron chi connectivity index (χ1n) is 5.61. The lowest BCUT2D eigenvalue weighted by atomic mass is 9.80. The van der Waals surface area contributed by atoms with Crippen LogP contribution in [0.1, 0.15) is 38.2 Å². The molecule has 1 aliphatic carbocycles. The Morgan fingerprint density at radius 2 is 2.27 bits per heavy atom. The Hall–Kier alpha value is -0.900. The Morgan fingerprint density at radius 1 is 1.60 bits per heavy atom. The highest BCUT2D eigenvalue weighted by Crippen LogP contribution is 2.40. The van der Waals surface area contributed by atoms with Crippen molar-refractivity contribution >= 4 is 0 Å². The first kappa shape index (κ1) is 10.6. The fourth-order valence-corrected chi connectivity index (χ4v) is 2.15. The molecule has 15 heavy (non-hydrogen) atoms. The summed E-state index contributed by atoms with van der Waals surface area (Å²) in [7, 11) is 0. The minimum Gasteiger partial charge on any atom is -0.328 e. The van der Waals surface area contributed by atoms with Crippen LogP contribution in [0.4, 0.5) is 4.39 Å². The fraction of sp³-hybridized carbons (Fsp3) is 0.727. The Labute approximate surface area is 89.5 Å². The maximum Gasteiger partial charge on any atom is 0.139 e. The lowest BCUT2D eigenvalue weighted by Crippen LogP contribution is -2.33. The van der Waals surface area contributed by atoms with E-state index in [0.717, 1.165) is 24.9 Å². The van der Waals surface area contributed by atoms with E-state index in [1.165, 1.54) is 0 Å². The van der Waals surface area contributed by atoms with Crippen LogP contribution in [-0.4, -0.2) is 15.8 Å². The summed E-state index contributed by atoms with van der Waals surface area (Å²) in [6, 6.07) is 0.176. The zero-order chi connectivity index (χ0) is 10.9. The summed E-state index contributed by atoms with van der Waals surface area (Å²) >= 11 is 0. The maximum absolute atomic E-state index is 14.5. The summed E-state index contributed by atoms with van der Waals surface area (Å²) in [5.41, 5.74) is 5.31. The second-order valence-corrected chi connectivity index (χ2v) is 4.39. The molecule has 1 aliphatic rings. The fourth-order valence-electron chi connectivity index (χ4n) is 2.15. The molecule has 0 radical (unpaired) electrons. The molecule has 1 aromatic heterocycles. The van der Waals surface area contributed by atoms with E-state index < -0.39 is 5.67 Å². The predicted molar refractivity (Wildman–Crippen MR) is 57.1 cm³/mol. The monoisotopic (exact) mass is 211 g/mol. The van der Waals surface area contributed by atoms with Crippen molar-refractivity contribution < 1.29 is 4.39 Å². The molecule has 2 rings (SSSR count). The Morgan fingerprint density at radius 3 is 2.80 bits per heavy atom. The molecule has 4 heteroatoms. The topological polar surface area (TPSA) is 43.8 Å². The average Bonchev–Trinajstić information content (AvgIpc) is 2.72. The van der Waals surface area contributed by atoms with E-state index in [4.69, 9.17) is 5.73 Å². The number of nitrogens with zero attached hydrogens (tertiary/aromatic N) is 2. The van der Waals surface area contributed by atoms with Crippen molar-refractivity contribution in [2.45, 2.75) is 50.9 Å². The van der Waals surface area contributed by atoms with Gasteiger partial charge < -0.3 is 5.73 Å². The molecule has 1 aromatic rings. The zero-order valence-corrected chi connectivity index (χ0v) is 9.12. The number of hydrogen-bond donors (Lipinski definition) is 1. The molecule has 84 valence electrons. The van der Waals surface area contributed by atoms with Gasteiger partial charge in [0.25, 0.3) is 0 Å². The van der Waals surface area contributed by atoms with Crippen LogP contribution in [-0.2, 0) is 12.2 Å². The van der Waals surface area contributed by atoms with Crippen molar-refractivity contribution in [3.05, 3.63) is 18.0 Å². The van der Waals surface area contributed by atoms with E-state index in [2.05, 4.69) is 5.10 Å². The van der Waals surface area contributed by atoms with Gasteiger partial charge in [0.1, 0.15) is 5.67 Å². The minimum absolute atomic E-state index is 0.176. The van der Waals surface area contributed by atoms with Crippen LogP contribution < -0.4 is 5.73 Å². The second-order valence-electron chi connectivity index (χ2n) is 4.39. The molecule has 0 aliphatic heterocycles. The number of aromatic nitrogens is 2. The standard InChI is InChI=1S/C11H18FN3/c1-2-15-8-9(7-14-15)11(12)5-3-10(13)4-6-11/h7-8,10H,2-6,13H2,1H3. The van der Waals surface area contributed by atoms with Crippen LogP contribution in [0.3, 0.4) is 0 Å². The molecule has 0 spiro atoms. The van der Waals surface area contributed by atoms with Crippen molar-refractivity contribution in [1.29, 1.82) is 0 Å². The molecule has 3 nitrogen and oxygen atoms in total. The van der Waals surface area contributed by atoms with Gasteiger partial charge in [0, 0.05) is 24.3 Å². The summed E-state index contributed by atoms with van der Waals surface area (Å²) in [5.74, 6) is 0. The first-order valence-corrected chi connectivity index (χ1v) is 5.61. The first-order chi connectivity index (χ1) is 7.14. The molecule has 0 aromatic carbocycles. The molecular weight excluding hydrogens is 193 g/mol. The largest absolute Gasteiger partial charge is 0.328 e. The molecule has 0 bridgehead atoms. The summed E-state index contributed by atoms with van der Waals surface area (Å²) in [6.45, 7) is 2.79. The molecule has 1 fully saturated rings. The second kappa shape index (κ2) is 3.93. The van der Waals surface area contributed by atoms with Gasteiger partial charge >= 0.3 is 0 Å². The molecule has 0 unspecified atom stereocenters. The number of halogens is 1. The van der Waals surface area contributed by atoms with Crippen LogP contribution in [0.5, 0.6) is 0 Å².